The fraction of sp³-hybridized carbons (Fsp3) is 0.310. The minimum atomic E-state index is -4.12. The minimum Gasteiger partial charge on any atom is -0.355 e. The topological polar surface area (TPSA) is 86.8 Å². The second-order valence-corrected chi connectivity index (χ2v) is 11.4. The molecular formula is C29H34ClN3O4S. The van der Waals surface area contributed by atoms with Gasteiger partial charge in [0.25, 0.3) is 10.0 Å². The van der Waals surface area contributed by atoms with Gasteiger partial charge in [-0.2, -0.15) is 0 Å². The van der Waals surface area contributed by atoms with Crippen LogP contribution in [0.4, 0.5) is 5.69 Å². The molecule has 1 atom stereocenters. The summed E-state index contributed by atoms with van der Waals surface area (Å²) in [4.78, 5) is 28.5. The lowest BCUT2D eigenvalue weighted by Crippen LogP contribution is -2.52. The van der Waals surface area contributed by atoms with Crippen molar-refractivity contribution in [2.45, 2.75) is 51.6 Å². The van der Waals surface area contributed by atoms with Crippen LogP contribution in [-0.2, 0) is 26.2 Å². The second kappa shape index (κ2) is 12.9. The van der Waals surface area contributed by atoms with E-state index < -0.39 is 28.5 Å². The predicted octanol–water partition coefficient (Wildman–Crippen LogP) is 5.10. The first-order valence-corrected chi connectivity index (χ1v) is 14.4. The Morgan fingerprint density at radius 3 is 2.18 bits per heavy atom. The van der Waals surface area contributed by atoms with E-state index in [1.165, 1.54) is 17.0 Å². The van der Waals surface area contributed by atoms with Crippen LogP contribution in [0, 0.1) is 13.8 Å². The molecule has 202 valence electrons. The standard InChI is InChI=1S/C29H34ClN3O4S/c1-5-26(29(35)31-6-2)32(19-23-14-12-21(3)13-15-23)28(34)20-33(27-17-16-24(30)18-22(27)4)38(36,37)25-10-8-7-9-11-25/h7-18,26H,5-6,19-20H2,1-4H3,(H,31,35)/t26-/m1/s1. The van der Waals surface area contributed by atoms with Crippen molar-refractivity contribution in [3.8, 4) is 0 Å². The van der Waals surface area contributed by atoms with Crippen LogP contribution in [0.5, 0.6) is 0 Å². The van der Waals surface area contributed by atoms with Gasteiger partial charge in [-0.15, -0.1) is 0 Å². The molecular weight excluding hydrogens is 522 g/mol. The highest BCUT2D eigenvalue weighted by Crippen LogP contribution is 2.29. The SMILES string of the molecule is CCNC(=O)[C@@H](CC)N(Cc1ccc(C)cc1)C(=O)CN(c1ccc(Cl)cc1C)S(=O)(=O)c1ccccc1. The van der Waals surface area contributed by atoms with E-state index in [4.69, 9.17) is 11.6 Å². The van der Waals surface area contributed by atoms with Crippen molar-refractivity contribution in [1.82, 2.24) is 10.2 Å². The smallest absolute Gasteiger partial charge is 0.264 e. The molecule has 0 fully saturated rings. The van der Waals surface area contributed by atoms with E-state index in [2.05, 4.69) is 5.32 Å². The van der Waals surface area contributed by atoms with Gasteiger partial charge in [-0.25, -0.2) is 8.42 Å². The quantitative estimate of drug-likeness (QED) is 0.357. The van der Waals surface area contributed by atoms with Gasteiger partial charge in [0.05, 0.1) is 10.6 Å². The summed E-state index contributed by atoms with van der Waals surface area (Å²) >= 11 is 6.15. The maximum atomic E-state index is 14.0. The van der Waals surface area contributed by atoms with Crippen molar-refractivity contribution < 1.29 is 18.0 Å². The molecule has 0 aromatic heterocycles. The van der Waals surface area contributed by atoms with Gasteiger partial charge in [-0.1, -0.05) is 66.6 Å². The van der Waals surface area contributed by atoms with Gasteiger partial charge < -0.3 is 10.2 Å². The largest absolute Gasteiger partial charge is 0.355 e. The van der Waals surface area contributed by atoms with Crippen LogP contribution in [0.2, 0.25) is 5.02 Å². The number of amides is 2. The number of sulfonamides is 1. The molecule has 0 aliphatic carbocycles. The average molecular weight is 556 g/mol. The molecule has 0 heterocycles. The number of likely N-dealkylation sites (N-methyl/N-ethyl adjacent to an activating group) is 1. The van der Waals surface area contributed by atoms with Gasteiger partial charge in [-0.3, -0.25) is 13.9 Å². The van der Waals surface area contributed by atoms with Gasteiger partial charge in [0.2, 0.25) is 11.8 Å². The minimum absolute atomic E-state index is 0.0583. The Morgan fingerprint density at radius 1 is 0.947 bits per heavy atom. The molecule has 0 aliphatic rings. The Labute approximate surface area is 230 Å². The number of benzene rings is 3. The summed E-state index contributed by atoms with van der Waals surface area (Å²) in [5.41, 5.74) is 2.85. The van der Waals surface area contributed by atoms with Crippen LogP contribution in [0.3, 0.4) is 0 Å². The first kappa shape index (κ1) is 29.2. The highest BCUT2D eigenvalue weighted by atomic mass is 35.5. The van der Waals surface area contributed by atoms with Crippen molar-refractivity contribution in [1.29, 1.82) is 0 Å². The molecule has 2 amide bonds. The number of nitrogens with one attached hydrogen (secondary N) is 1. The van der Waals surface area contributed by atoms with Crippen LogP contribution in [0.15, 0.2) is 77.7 Å². The Bertz CT molecular complexity index is 1360. The highest BCUT2D eigenvalue weighted by Gasteiger charge is 2.34. The highest BCUT2D eigenvalue weighted by molar-refractivity contribution is 7.92. The van der Waals surface area contributed by atoms with E-state index in [1.54, 1.807) is 43.3 Å². The number of halogens is 1. The number of rotatable bonds is 11. The molecule has 3 rings (SSSR count). The summed E-state index contributed by atoms with van der Waals surface area (Å²) in [6.07, 6.45) is 0.370. The van der Waals surface area contributed by atoms with Crippen molar-refractivity contribution in [3.63, 3.8) is 0 Å². The lowest BCUT2D eigenvalue weighted by Gasteiger charge is -2.33. The van der Waals surface area contributed by atoms with Crippen molar-refractivity contribution in [3.05, 3.63) is 94.5 Å². The molecule has 3 aromatic rings. The summed E-state index contributed by atoms with van der Waals surface area (Å²) < 4.78 is 28.8. The number of anilines is 1. The molecule has 9 heteroatoms. The first-order valence-electron chi connectivity index (χ1n) is 12.5. The average Bonchev–Trinajstić information content (AvgIpc) is 2.89. The summed E-state index contributed by atoms with van der Waals surface area (Å²) in [6.45, 7) is 7.45. The molecule has 1 N–H and O–H groups in total. The molecule has 0 radical (unpaired) electrons. The van der Waals surface area contributed by atoms with Gasteiger partial charge in [0.1, 0.15) is 12.6 Å². The molecule has 7 nitrogen and oxygen atoms in total. The van der Waals surface area contributed by atoms with Crippen LogP contribution >= 0.6 is 11.6 Å². The van der Waals surface area contributed by atoms with Gasteiger partial charge in [-0.05, 0) is 68.7 Å². The first-order chi connectivity index (χ1) is 18.1. The number of nitrogens with zero attached hydrogens (tertiary/aromatic N) is 2. The maximum absolute atomic E-state index is 14.0. The molecule has 0 saturated heterocycles. The monoisotopic (exact) mass is 555 g/mol. The fourth-order valence-electron chi connectivity index (χ4n) is 4.23. The van der Waals surface area contributed by atoms with Crippen LogP contribution in [-0.4, -0.2) is 44.3 Å². The third-order valence-corrected chi connectivity index (χ3v) is 8.26. The number of hydrogen-bond donors (Lipinski definition) is 1. The molecule has 0 aliphatic heterocycles. The maximum Gasteiger partial charge on any atom is 0.264 e. The van der Waals surface area contributed by atoms with Gasteiger partial charge in [0.15, 0.2) is 0 Å². The zero-order valence-corrected chi connectivity index (χ0v) is 23.7. The van der Waals surface area contributed by atoms with Crippen molar-refractivity contribution >= 4 is 39.1 Å². The van der Waals surface area contributed by atoms with Crippen LogP contribution in [0.25, 0.3) is 0 Å². The molecule has 38 heavy (non-hydrogen) atoms. The Hall–Kier alpha value is -3.36. The molecule has 3 aromatic carbocycles. The zero-order valence-electron chi connectivity index (χ0n) is 22.1. The van der Waals surface area contributed by atoms with Crippen LogP contribution in [0.1, 0.15) is 37.0 Å². The summed E-state index contributed by atoms with van der Waals surface area (Å²) in [6, 6.07) is 19.7. The summed E-state index contributed by atoms with van der Waals surface area (Å²) in [7, 11) is -4.12. The third kappa shape index (κ3) is 6.94. The normalized spacial score (nSPS) is 12.0. The molecule has 0 bridgehead atoms. The molecule has 0 saturated carbocycles. The van der Waals surface area contributed by atoms with Crippen molar-refractivity contribution in [2.24, 2.45) is 0 Å². The Balaban J connectivity index is 2.08. The number of carbonyl (C=O) groups excluding carboxylic acids is 2. The lowest BCUT2D eigenvalue weighted by molar-refractivity contribution is -0.140. The third-order valence-electron chi connectivity index (χ3n) is 6.25. The van der Waals surface area contributed by atoms with E-state index in [1.807, 2.05) is 45.0 Å². The van der Waals surface area contributed by atoms with Gasteiger partial charge >= 0.3 is 0 Å². The summed E-state index contributed by atoms with van der Waals surface area (Å²) in [5, 5.41) is 3.26. The number of carbonyl (C=O) groups is 2. The van der Waals surface area contributed by atoms with E-state index in [0.29, 0.717) is 29.2 Å². The van der Waals surface area contributed by atoms with E-state index in [9.17, 15) is 18.0 Å². The predicted molar refractivity (Wildman–Crippen MR) is 152 cm³/mol. The molecule has 0 unspecified atom stereocenters. The van der Waals surface area contributed by atoms with E-state index >= 15 is 0 Å². The zero-order chi connectivity index (χ0) is 27.9. The summed E-state index contributed by atoms with van der Waals surface area (Å²) in [5.74, 6) is -0.770. The second-order valence-electron chi connectivity index (χ2n) is 9.08. The van der Waals surface area contributed by atoms with E-state index in [0.717, 1.165) is 15.4 Å². The fourth-order valence-corrected chi connectivity index (χ4v) is 5.96. The van der Waals surface area contributed by atoms with Crippen LogP contribution < -0.4 is 9.62 Å². The van der Waals surface area contributed by atoms with Gasteiger partial charge in [0, 0.05) is 18.1 Å². The number of aryl methyl sites for hydroxylation is 2. The van der Waals surface area contributed by atoms with Crippen molar-refractivity contribution in [2.75, 3.05) is 17.4 Å². The number of hydrogen-bond acceptors (Lipinski definition) is 4. The Kier molecular flexibility index (Phi) is 9.94. The Morgan fingerprint density at radius 2 is 1.61 bits per heavy atom. The van der Waals surface area contributed by atoms with E-state index in [-0.39, 0.29) is 17.3 Å². The lowest BCUT2D eigenvalue weighted by atomic mass is 10.1. The molecule has 0 spiro atoms.